The molecule has 4 nitrogen and oxygen atoms in total. The van der Waals surface area contributed by atoms with Crippen LogP contribution in [0, 0.1) is 0 Å². The van der Waals surface area contributed by atoms with Crippen molar-refractivity contribution in [3.8, 4) is 10.6 Å². The number of amides is 1. The molecule has 150 valence electrons. The number of benzene rings is 2. The van der Waals surface area contributed by atoms with Crippen molar-refractivity contribution in [2.45, 2.75) is 18.6 Å². The number of para-hydroxylation sites is 1. The topological polar surface area (TPSA) is 45.2 Å². The molecular formula is C21H18F3N3OS. The fourth-order valence-corrected chi connectivity index (χ4v) is 4.12. The number of carbonyl (C=O) groups excluding carboxylic acids is 1. The van der Waals surface area contributed by atoms with Crippen molar-refractivity contribution in [1.29, 1.82) is 0 Å². The van der Waals surface area contributed by atoms with Gasteiger partial charge in [0.15, 0.2) is 0 Å². The molecule has 0 radical (unpaired) electrons. The largest absolute Gasteiger partial charge is 0.416 e. The number of hydrogen-bond acceptors (Lipinski definition) is 4. The zero-order chi connectivity index (χ0) is 20.4. The zero-order valence-electron chi connectivity index (χ0n) is 15.3. The number of carbonyl (C=O) groups is 1. The predicted molar refractivity (Wildman–Crippen MR) is 107 cm³/mol. The van der Waals surface area contributed by atoms with E-state index in [1.54, 1.807) is 16.3 Å². The van der Waals surface area contributed by atoms with Gasteiger partial charge in [-0.1, -0.05) is 30.3 Å². The molecule has 1 aliphatic rings. The number of nitrogens with one attached hydrogen (secondary N) is 1. The fourth-order valence-electron chi connectivity index (χ4n) is 3.33. The molecule has 29 heavy (non-hydrogen) atoms. The molecule has 2 aromatic carbocycles. The summed E-state index contributed by atoms with van der Waals surface area (Å²) in [6, 6.07) is 15.0. The van der Waals surface area contributed by atoms with E-state index in [1.807, 2.05) is 30.3 Å². The van der Waals surface area contributed by atoms with Crippen LogP contribution in [0.25, 0.3) is 10.6 Å². The quantitative estimate of drug-likeness (QED) is 0.638. The summed E-state index contributed by atoms with van der Waals surface area (Å²) >= 11 is 1.17. The fraction of sp³-hybridized carbons (Fsp3) is 0.238. The van der Waals surface area contributed by atoms with Crippen LogP contribution in [0.15, 0.2) is 60.0 Å². The molecule has 0 bridgehead atoms. The van der Waals surface area contributed by atoms with Gasteiger partial charge in [0.2, 0.25) is 0 Å². The lowest BCUT2D eigenvalue weighted by atomic mass is 10.1. The summed E-state index contributed by atoms with van der Waals surface area (Å²) in [6.45, 7) is 1.17. The Morgan fingerprint density at radius 1 is 1.14 bits per heavy atom. The molecule has 0 aliphatic carbocycles. The van der Waals surface area contributed by atoms with Gasteiger partial charge in [-0.25, -0.2) is 4.98 Å². The lowest BCUT2D eigenvalue weighted by Crippen LogP contribution is -2.31. The molecular weight excluding hydrogens is 399 g/mol. The Morgan fingerprint density at radius 3 is 2.69 bits per heavy atom. The third kappa shape index (κ3) is 4.42. The Labute approximate surface area is 170 Å². The highest BCUT2D eigenvalue weighted by Crippen LogP contribution is 2.33. The van der Waals surface area contributed by atoms with E-state index in [4.69, 9.17) is 0 Å². The maximum Gasteiger partial charge on any atom is 0.416 e. The van der Waals surface area contributed by atoms with Crippen LogP contribution in [0.4, 0.5) is 18.9 Å². The summed E-state index contributed by atoms with van der Waals surface area (Å²) in [4.78, 5) is 18.8. The monoisotopic (exact) mass is 417 g/mol. The van der Waals surface area contributed by atoms with Gasteiger partial charge in [-0.05, 0) is 30.7 Å². The Morgan fingerprint density at radius 2 is 1.93 bits per heavy atom. The summed E-state index contributed by atoms with van der Waals surface area (Å²) in [5.74, 6) is -0.197. The summed E-state index contributed by atoms with van der Waals surface area (Å²) in [6.07, 6.45) is -3.59. The van der Waals surface area contributed by atoms with Gasteiger partial charge in [0, 0.05) is 35.8 Å². The third-order valence-electron chi connectivity index (χ3n) is 4.78. The molecule has 1 saturated heterocycles. The first-order chi connectivity index (χ1) is 13.9. The second-order valence-electron chi connectivity index (χ2n) is 6.86. The highest BCUT2D eigenvalue weighted by atomic mass is 32.1. The first-order valence-electron chi connectivity index (χ1n) is 9.14. The minimum absolute atomic E-state index is 0.155. The minimum Gasteiger partial charge on any atom is -0.380 e. The average Bonchev–Trinajstić information content (AvgIpc) is 3.38. The van der Waals surface area contributed by atoms with Gasteiger partial charge < -0.3 is 10.2 Å². The van der Waals surface area contributed by atoms with Crippen molar-refractivity contribution in [2.24, 2.45) is 0 Å². The molecule has 1 N–H and O–H groups in total. The van der Waals surface area contributed by atoms with Gasteiger partial charge in [0.05, 0.1) is 5.56 Å². The SMILES string of the molecule is O=C(c1csc(-c2cccc(C(F)(F)F)c2)n1)N1CCC(Nc2ccccc2)C1. The van der Waals surface area contributed by atoms with E-state index in [0.29, 0.717) is 23.7 Å². The van der Waals surface area contributed by atoms with E-state index in [-0.39, 0.29) is 17.6 Å². The van der Waals surface area contributed by atoms with Crippen molar-refractivity contribution in [2.75, 3.05) is 18.4 Å². The molecule has 4 rings (SSSR count). The Hall–Kier alpha value is -2.87. The molecule has 1 unspecified atom stereocenters. The van der Waals surface area contributed by atoms with Crippen molar-refractivity contribution in [3.63, 3.8) is 0 Å². The summed E-state index contributed by atoms with van der Waals surface area (Å²) < 4.78 is 38.8. The van der Waals surface area contributed by atoms with E-state index in [2.05, 4.69) is 10.3 Å². The van der Waals surface area contributed by atoms with Gasteiger partial charge in [0.1, 0.15) is 10.7 Å². The number of halogens is 3. The summed E-state index contributed by atoms with van der Waals surface area (Å²) in [5, 5.41) is 5.42. The van der Waals surface area contributed by atoms with Crippen LogP contribution in [-0.2, 0) is 6.18 Å². The smallest absolute Gasteiger partial charge is 0.380 e. The minimum atomic E-state index is -4.41. The third-order valence-corrected chi connectivity index (χ3v) is 5.67. The number of likely N-dealkylation sites (tertiary alicyclic amines) is 1. The van der Waals surface area contributed by atoms with Crippen LogP contribution < -0.4 is 5.32 Å². The normalized spacial score (nSPS) is 16.8. The lowest BCUT2D eigenvalue weighted by Gasteiger charge is -2.16. The van der Waals surface area contributed by atoms with Gasteiger partial charge in [0.25, 0.3) is 5.91 Å². The molecule has 1 atom stereocenters. The van der Waals surface area contributed by atoms with Crippen LogP contribution in [0.3, 0.4) is 0 Å². The zero-order valence-corrected chi connectivity index (χ0v) is 16.1. The number of rotatable bonds is 4. The van der Waals surface area contributed by atoms with E-state index in [0.717, 1.165) is 24.2 Å². The molecule has 8 heteroatoms. The first kappa shape index (κ1) is 19.4. The number of aromatic nitrogens is 1. The molecule has 1 aliphatic heterocycles. The number of alkyl halides is 3. The second kappa shape index (κ2) is 7.87. The van der Waals surface area contributed by atoms with Crippen molar-refractivity contribution < 1.29 is 18.0 Å². The second-order valence-corrected chi connectivity index (χ2v) is 7.72. The van der Waals surface area contributed by atoms with E-state index in [1.165, 1.54) is 17.4 Å². The maximum absolute atomic E-state index is 12.9. The molecule has 3 aromatic rings. The number of anilines is 1. The van der Waals surface area contributed by atoms with Crippen molar-refractivity contribution in [1.82, 2.24) is 9.88 Å². The molecule has 1 aromatic heterocycles. The van der Waals surface area contributed by atoms with Gasteiger partial charge in [-0.3, -0.25) is 4.79 Å². The van der Waals surface area contributed by atoms with Gasteiger partial charge in [-0.2, -0.15) is 13.2 Å². The Bertz CT molecular complexity index is 1000. The van der Waals surface area contributed by atoms with E-state index in [9.17, 15) is 18.0 Å². The van der Waals surface area contributed by atoms with Crippen LogP contribution >= 0.6 is 11.3 Å². The molecule has 0 spiro atoms. The van der Waals surface area contributed by atoms with Crippen molar-refractivity contribution in [3.05, 3.63) is 71.2 Å². The van der Waals surface area contributed by atoms with Gasteiger partial charge in [-0.15, -0.1) is 11.3 Å². The molecule has 0 saturated carbocycles. The average molecular weight is 417 g/mol. The summed E-state index contributed by atoms with van der Waals surface area (Å²) in [7, 11) is 0. The molecule has 1 fully saturated rings. The van der Waals surface area contributed by atoms with E-state index >= 15 is 0 Å². The number of thiazole rings is 1. The van der Waals surface area contributed by atoms with Crippen molar-refractivity contribution >= 4 is 22.9 Å². The van der Waals surface area contributed by atoms with E-state index < -0.39 is 11.7 Å². The van der Waals surface area contributed by atoms with Crippen LogP contribution in [0.5, 0.6) is 0 Å². The van der Waals surface area contributed by atoms with Crippen LogP contribution in [0.1, 0.15) is 22.5 Å². The highest BCUT2D eigenvalue weighted by Gasteiger charge is 2.31. The standard InChI is InChI=1S/C21H18F3N3OS/c22-21(23,24)15-6-4-5-14(11-15)19-26-18(13-29-19)20(28)27-10-9-17(12-27)25-16-7-2-1-3-8-16/h1-8,11,13,17,25H,9-10,12H2. The van der Waals surface area contributed by atoms with Crippen LogP contribution in [-0.4, -0.2) is 34.9 Å². The Kier molecular flexibility index (Phi) is 5.27. The molecule has 2 heterocycles. The van der Waals surface area contributed by atoms with Gasteiger partial charge >= 0.3 is 6.18 Å². The summed E-state index contributed by atoms with van der Waals surface area (Å²) in [5.41, 5.74) is 0.899. The number of hydrogen-bond donors (Lipinski definition) is 1. The molecule has 1 amide bonds. The first-order valence-corrected chi connectivity index (χ1v) is 10.0. The maximum atomic E-state index is 12.9. The predicted octanol–water partition coefficient (Wildman–Crippen LogP) is 5.16. The van der Waals surface area contributed by atoms with Crippen LogP contribution in [0.2, 0.25) is 0 Å². The highest BCUT2D eigenvalue weighted by molar-refractivity contribution is 7.13. The number of nitrogens with zero attached hydrogens (tertiary/aromatic N) is 2. The Balaban J connectivity index is 1.44. The lowest BCUT2D eigenvalue weighted by molar-refractivity contribution is -0.137.